The van der Waals surface area contributed by atoms with E-state index in [0.717, 1.165) is 4.90 Å². The molecule has 0 aromatic rings. The second kappa shape index (κ2) is 2.12. The molecular weight excluding hydrogens is 150 g/mol. The number of nitrogens with zero attached hydrogens (tertiary/aromatic N) is 1. The topological polar surface area (TPSA) is 37.4 Å². The molecule has 10 heavy (non-hydrogen) atoms. The molecule has 54 valence electrons. The van der Waals surface area contributed by atoms with Gasteiger partial charge < -0.3 is 0 Å². The fourth-order valence-electron chi connectivity index (χ4n) is 0.764. The number of amides is 2. The Labute approximate surface area is 64.1 Å². The maximum absolute atomic E-state index is 10.9. The molecule has 0 fully saturated rings. The summed E-state index contributed by atoms with van der Waals surface area (Å²) in [7, 11) is 1.44. The van der Waals surface area contributed by atoms with Gasteiger partial charge in [0.15, 0.2) is 0 Å². The molecule has 0 bridgehead atoms. The Hall–Kier alpha value is -0.770. The first-order chi connectivity index (χ1) is 4.55. The summed E-state index contributed by atoms with van der Waals surface area (Å²) in [6, 6.07) is 0. The Morgan fingerprint density at radius 3 is 1.90 bits per heavy atom. The van der Waals surface area contributed by atoms with Gasteiger partial charge in [-0.3, -0.25) is 14.5 Å². The summed E-state index contributed by atoms with van der Waals surface area (Å²) >= 11 is 3.87. The SMILES string of the molecule is CC1=C(S)C(=O)N(C)C1=O. The van der Waals surface area contributed by atoms with Crippen molar-refractivity contribution in [3.63, 3.8) is 0 Å². The third-order valence-electron chi connectivity index (χ3n) is 1.49. The highest BCUT2D eigenvalue weighted by Gasteiger charge is 2.30. The van der Waals surface area contributed by atoms with Crippen LogP contribution in [-0.2, 0) is 9.59 Å². The third kappa shape index (κ3) is 0.759. The highest BCUT2D eigenvalue weighted by Crippen LogP contribution is 2.20. The van der Waals surface area contributed by atoms with Crippen molar-refractivity contribution in [3.05, 3.63) is 10.5 Å². The van der Waals surface area contributed by atoms with Gasteiger partial charge in [0.2, 0.25) is 0 Å². The molecule has 1 aliphatic rings. The summed E-state index contributed by atoms with van der Waals surface area (Å²) in [6.07, 6.45) is 0. The molecule has 1 heterocycles. The number of imide groups is 1. The summed E-state index contributed by atoms with van der Waals surface area (Å²) < 4.78 is 0. The van der Waals surface area contributed by atoms with Crippen LogP contribution in [-0.4, -0.2) is 23.8 Å². The van der Waals surface area contributed by atoms with Crippen LogP contribution in [0.4, 0.5) is 0 Å². The van der Waals surface area contributed by atoms with Crippen LogP contribution in [0.15, 0.2) is 10.5 Å². The van der Waals surface area contributed by atoms with E-state index in [1.54, 1.807) is 6.92 Å². The van der Waals surface area contributed by atoms with E-state index in [1.165, 1.54) is 7.05 Å². The van der Waals surface area contributed by atoms with Crippen molar-refractivity contribution in [1.82, 2.24) is 4.90 Å². The Kier molecular flexibility index (Phi) is 1.56. The minimum absolute atomic E-state index is 0.255. The van der Waals surface area contributed by atoms with E-state index in [-0.39, 0.29) is 16.7 Å². The zero-order valence-corrected chi connectivity index (χ0v) is 6.61. The van der Waals surface area contributed by atoms with Crippen molar-refractivity contribution >= 4 is 24.4 Å². The lowest BCUT2D eigenvalue weighted by Gasteiger charge is -2.03. The number of rotatable bonds is 0. The second-order valence-electron chi connectivity index (χ2n) is 2.14. The standard InChI is InChI=1S/C6H7NO2S/c1-3-4(10)6(9)7(2)5(3)8/h10H,1-2H3. The van der Waals surface area contributed by atoms with Crippen molar-refractivity contribution in [2.45, 2.75) is 6.92 Å². The minimum Gasteiger partial charge on any atom is -0.277 e. The number of hydrogen-bond acceptors (Lipinski definition) is 3. The fourth-order valence-corrected chi connectivity index (χ4v) is 1.01. The number of likely N-dealkylation sites (N-methyl/N-ethyl adjacent to an activating group) is 1. The van der Waals surface area contributed by atoms with Crippen molar-refractivity contribution in [1.29, 1.82) is 0 Å². The van der Waals surface area contributed by atoms with Crippen LogP contribution >= 0.6 is 12.6 Å². The summed E-state index contributed by atoms with van der Waals surface area (Å²) in [5.74, 6) is -0.569. The lowest BCUT2D eigenvalue weighted by molar-refractivity contribution is -0.135. The molecule has 2 amide bonds. The zero-order chi connectivity index (χ0) is 7.89. The van der Waals surface area contributed by atoms with E-state index in [4.69, 9.17) is 0 Å². The largest absolute Gasteiger partial charge is 0.277 e. The van der Waals surface area contributed by atoms with Crippen LogP contribution in [0.5, 0.6) is 0 Å². The maximum Gasteiger partial charge on any atom is 0.267 e. The average Bonchev–Trinajstić information content (AvgIpc) is 2.07. The molecule has 0 saturated heterocycles. The molecular formula is C6H7NO2S. The first-order valence-electron chi connectivity index (χ1n) is 2.78. The Balaban J connectivity index is 3.11. The fraction of sp³-hybridized carbons (Fsp3) is 0.333. The van der Waals surface area contributed by atoms with Crippen LogP contribution in [0.3, 0.4) is 0 Å². The lowest BCUT2D eigenvalue weighted by atomic mass is 10.3. The lowest BCUT2D eigenvalue weighted by Crippen LogP contribution is -2.26. The van der Waals surface area contributed by atoms with Crippen molar-refractivity contribution < 1.29 is 9.59 Å². The van der Waals surface area contributed by atoms with Gasteiger partial charge in [0.25, 0.3) is 11.8 Å². The Morgan fingerprint density at radius 1 is 1.30 bits per heavy atom. The van der Waals surface area contributed by atoms with Gasteiger partial charge in [0.05, 0.1) is 4.91 Å². The Morgan fingerprint density at radius 2 is 1.80 bits per heavy atom. The van der Waals surface area contributed by atoms with Crippen LogP contribution < -0.4 is 0 Å². The first kappa shape index (κ1) is 7.34. The van der Waals surface area contributed by atoms with E-state index in [0.29, 0.717) is 5.57 Å². The molecule has 4 heteroatoms. The van der Waals surface area contributed by atoms with E-state index in [9.17, 15) is 9.59 Å². The van der Waals surface area contributed by atoms with Gasteiger partial charge >= 0.3 is 0 Å². The van der Waals surface area contributed by atoms with Crippen molar-refractivity contribution in [3.8, 4) is 0 Å². The quantitative estimate of drug-likeness (QED) is 0.402. The van der Waals surface area contributed by atoms with Gasteiger partial charge in [-0.15, -0.1) is 12.6 Å². The van der Waals surface area contributed by atoms with Gasteiger partial charge in [-0.2, -0.15) is 0 Å². The van der Waals surface area contributed by atoms with E-state index < -0.39 is 0 Å². The minimum atomic E-state index is -0.314. The molecule has 0 saturated carbocycles. The smallest absolute Gasteiger partial charge is 0.267 e. The highest BCUT2D eigenvalue weighted by atomic mass is 32.1. The van der Waals surface area contributed by atoms with Gasteiger partial charge in [0.1, 0.15) is 0 Å². The van der Waals surface area contributed by atoms with Crippen LogP contribution in [0.1, 0.15) is 6.92 Å². The van der Waals surface area contributed by atoms with Crippen molar-refractivity contribution in [2.24, 2.45) is 0 Å². The summed E-state index contributed by atoms with van der Waals surface area (Å²) in [4.78, 5) is 23.1. The normalized spacial score (nSPS) is 19.3. The second-order valence-corrected chi connectivity index (χ2v) is 2.59. The number of thiol groups is 1. The third-order valence-corrected chi connectivity index (χ3v) is 2.01. The molecule has 1 rings (SSSR count). The van der Waals surface area contributed by atoms with Gasteiger partial charge in [-0.25, -0.2) is 0 Å². The summed E-state index contributed by atoms with van der Waals surface area (Å²) in [5.41, 5.74) is 0.427. The van der Waals surface area contributed by atoms with Gasteiger partial charge in [-0.1, -0.05) is 0 Å². The zero-order valence-electron chi connectivity index (χ0n) is 5.71. The molecule has 0 radical (unpaired) electrons. The Bertz CT molecular complexity index is 220. The molecule has 0 aromatic carbocycles. The van der Waals surface area contributed by atoms with E-state index in [1.807, 2.05) is 0 Å². The predicted molar refractivity (Wildman–Crippen MR) is 39.5 cm³/mol. The van der Waals surface area contributed by atoms with E-state index in [2.05, 4.69) is 12.6 Å². The van der Waals surface area contributed by atoms with E-state index >= 15 is 0 Å². The van der Waals surface area contributed by atoms with Crippen LogP contribution in [0.25, 0.3) is 0 Å². The molecule has 0 atom stereocenters. The van der Waals surface area contributed by atoms with Crippen LogP contribution in [0.2, 0.25) is 0 Å². The van der Waals surface area contributed by atoms with Crippen molar-refractivity contribution in [2.75, 3.05) is 7.05 Å². The molecule has 0 unspecified atom stereocenters. The first-order valence-corrected chi connectivity index (χ1v) is 3.22. The number of hydrogen-bond donors (Lipinski definition) is 1. The number of carbonyl (C=O) groups excluding carboxylic acids is 2. The molecule has 0 N–H and O–H groups in total. The van der Waals surface area contributed by atoms with Gasteiger partial charge in [0, 0.05) is 12.6 Å². The number of carbonyl (C=O) groups is 2. The molecule has 0 aliphatic carbocycles. The maximum atomic E-state index is 10.9. The van der Waals surface area contributed by atoms with Crippen LogP contribution in [0, 0.1) is 0 Å². The molecule has 0 aromatic heterocycles. The molecule has 3 nitrogen and oxygen atoms in total. The molecule has 0 spiro atoms. The average molecular weight is 157 g/mol. The monoisotopic (exact) mass is 157 g/mol. The summed E-state index contributed by atoms with van der Waals surface area (Å²) in [5, 5.41) is 0. The predicted octanol–water partition coefficient (Wildman–Crippen LogP) is 0.189. The highest BCUT2D eigenvalue weighted by molar-refractivity contribution is 7.85. The molecule has 1 aliphatic heterocycles. The van der Waals surface area contributed by atoms with Gasteiger partial charge in [-0.05, 0) is 6.92 Å². The summed E-state index contributed by atoms with van der Waals surface area (Å²) in [6.45, 7) is 1.59.